The van der Waals surface area contributed by atoms with Crippen LogP contribution in [0.15, 0.2) is 48.7 Å². The highest BCUT2D eigenvalue weighted by atomic mass is 19.4. The first-order valence-electron chi connectivity index (χ1n) is 19.7. The van der Waals surface area contributed by atoms with Crippen LogP contribution in [-0.2, 0) is 20.6 Å². The Labute approximate surface area is 332 Å². The summed E-state index contributed by atoms with van der Waals surface area (Å²) in [5.74, 6) is -1.81. The van der Waals surface area contributed by atoms with Crippen molar-refractivity contribution in [1.29, 1.82) is 5.26 Å². The predicted octanol–water partition coefficient (Wildman–Crippen LogP) is 6.08. The van der Waals surface area contributed by atoms with Crippen LogP contribution in [-0.4, -0.2) is 85.6 Å². The van der Waals surface area contributed by atoms with Gasteiger partial charge >= 0.3 is 6.18 Å². The number of rotatable bonds is 10. The Bertz CT molecular complexity index is 2020. The molecule has 1 unspecified atom stereocenters. The molecule has 1 atom stereocenters. The summed E-state index contributed by atoms with van der Waals surface area (Å²) in [7, 11) is 0. The number of pyridine rings is 1. The van der Waals surface area contributed by atoms with Gasteiger partial charge in [-0.05, 0) is 93.3 Å². The Balaban J connectivity index is 0.803. The number of anilines is 4. The number of likely N-dealkylation sites (tertiary alicyclic amines) is 1. The summed E-state index contributed by atoms with van der Waals surface area (Å²) in [6.45, 7) is 4.59. The van der Waals surface area contributed by atoms with Crippen molar-refractivity contribution in [2.75, 3.05) is 66.2 Å². The van der Waals surface area contributed by atoms with Gasteiger partial charge in [0.05, 0.1) is 29.2 Å². The first-order valence-corrected chi connectivity index (χ1v) is 19.7. The van der Waals surface area contributed by atoms with E-state index in [1.807, 2.05) is 0 Å². The molecule has 3 N–H and O–H groups in total. The molecule has 0 aliphatic carbocycles. The maximum absolute atomic E-state index is 15.1. The molecule has 3 amide bonds. The highest BCUT2D eigenvalue weighted by Crippen LogP contribution is 2.39. The van der Waals surface area contributed by atoms with Crippen molar-refractivity contribution < 1.29 is 41.1 Å². The molecule has 17 heteroatoms. The van der Waals surface area contributed by atoms with E-state index < -0.39 is 41.0 Å². The van der Waals surface area contributed by atoms with Gasteiger partial charge in [-0.1, -0.05) is 0 Å². The number of ether oxygens (including phenoxy) is 1. The first-order chi connectivity index (χ1) is 27.8. The molecule has 5 heterocycles. The van der Waals surface area contributed by atoms with E-state index in [4.69, 9.17) is 10.00 Å². The van der Waals surface area contributed by atoms with Crippen LogP contribution in [0.2, 0.25) is 0 Å². The molecule has 2 aromatic carbocycles. The lowest BCUT2D eigenvalue weighted by Gasteiger charge is -2.38. The third-order valence-electron chi connectivity index (χ3n) is 11.6. The van der Waals surface area contributed by atoms with E-state index in [1.165, 1.54) is 23.1 Å². The number of imide groups is 1. The van der Waals surface area contributed by atoms with E-state index in [0.717, 1.165) is 64.5 Å². The second-order valence-electron chi connectivity index (χ2n) is 15.4. The molecule has 58 heavy (non-hydrogen) atoms. The summed E-state index contributed by atoms with van der Waals surface area (Å²) in [4.78, 5) is 46.8. The summed E-state index contributed by atoms with van der Waals surface area (Å²) in [5, 5.41) is 17.2. The number of nitriles is 1. The Morgan fingerprint density at radius 2 is 1.59 bits per heavy atom. The van der Waals surface area contributed by atoms with E-state index in [2.05, 4.69) is 30.7 Å². The monoisotopic (exact) mass is 808 g/mol. The number of piperidine rings is 4. The second-order valence-corrected chi connectivity index (χ2v) is 15.4. The van der Waals surface area contributed by atoms with Gasteiger partial charge < -0.3 is 30.1 Å². The third kappa shape index (κ3) is 9.61. The van der Waals surface area contributed by atoms with Gasteiger partial charge in [-0.25, -0.2) is 13.8 Å². The summed E-state index contributed by atoms with van der Waals surface area (Å²) in [6, 6.07) is 11.3. The lowest BCUT2D eigenvalue weighted by Crippen LogP contribution is -2.47. The van der Waals surface area contributed by atoms with Gasteiger partial charge in [-0.15, -0.1) is 0 Å². The largest absolute Gasteiger partial charge is 0.489 e. The van der Waals surface area contributed by atoms with Crippen molar-refractivity contribution in [2.45, 2.75) is 69.7 Å². The van der Waals surface area contributed by atoms with Crippen LogP contribution in [0.3, 0.4) is 0 Å². The molecule has 0 saturated carbocycles. The fraction of sp³-hybridized carbons (Fsp3) is 0.488. The second kappa shape index (κ2) is 17.6. The lowest BCUT2D eigenvalue weighted by molar-refractivity contribution is -0.140. The molecule has 4 saturated heterocycles. The molecular formula is C41H45F5N8O4. The number of aromatic nitrogens is 1. The van der Waals surface area contributed by atoms with Gasteiger partial charge in [0.25, 0.3) is 0 Å². The van der Waals surface area contributed by atoms with Gasteiger partial charge in [0.1, 0.15) is 35.1 Å². The normalized spacial score (nSPS) is 20.4. The average Bonchev–Trinajstić information content (AvgIpc) is 3.20. The van der Waals surface area contributed by atoms with Crippen LogP contribution in [0.4, 0.5) is 44.8 Å². The van der Waals surface area contributed by atoms with Gasteiger partial charge in [0.15, 0.2) is 5.82 Å². The maximum Gasteiger partial charge on any atom is 0.420 e. The van der Waals surface area contributed by atoms with Gasteiger partial charge in [-0.2, -0.15) is 18.4 Å². The Morgan fingerprint density at radius 3 is 2.22 bits per heavy atom. The zero-order valence-electron chi connectivity index (χ0n) is 31.8. The molecule has 7 rings (SSSR count). The SMILES string of the molecule is N#Cc1ccc(N2CCC(C(=O)Nc3ccc(OC4CCN(CC5CCN(c6ccc(NC7CCC(=O)NC7=O)cc6F)CC5)CC4)cn3)CC2)c(F)c1C(F)(F)F. The van der Waals surface area contributed by atoms with Crippen molar-refractivity contribution >= 4 is 40.6 Å². The third-order valence-corrected chi connectivity index (χ3v) is 11.6. The smallest absolute Gasteiger partial charge is 0.420 e. The van der Waals surface area contributed by atoms with E-state index in [9.17, 15) is 31.9 Å². The molecule has 0 spiro atoms. The number of carbonyl (C=O) groups excluding carboxylic acids is 3. The summed E-state index contributed by atoms with van der Waals surface area (Å²) in [5.41, 5.74) is -1.55. The van der Waals surface area contributed by atoms with Gasteiger partial charge in [0, 0.05) is 63.8 Å². The fourth-order valence-corrected chi connectivity index (χ4v) is 8.32. The Kier molecular flexibility index (Phi) is 12.3. The fourth-order valence-electron chi connectivity index (χ4n) is 8.32. The van der Waals surface area contributed by atoms with Crippen LogP contribution >= 0.6 is 0 Å². The molecule has 0 radical (unpaired) electrons. The van der Waals surface area contributed by atoms with E-state index >= 15 is 4.39 Å². The average molecular weight is 809 g/mol. The van der Waals surface area contributed by atoms with Crippen LogP contribution in [0.25, 0.3) is 0 Å². The van der Waals surface area contributed by atoms with Crippen LogP contribution in [0, 0.1) is 34.8 Å². The number of halogens is 5. The molecule has 4 aliphatic heterocycles. The van der Waals surface area contributed by atoms with Crippen LogP contribution in [0.1, 0.15) is 62.5 Å². The summed E-state index contributed by atoms with van der Waals surface area (Å²) in [6.07, 6.45) is 1.39. The minimum atomic E-state index is -5.01. The molecule has 0 bridgehead atoms. The number of nitrogens with zero attached hydrogens (tertiary/aromatic N) is 5. The molecule has 308 valence electrons. The molecule has 4 fully saturated rings. The number of alkyl halides is 3. The number of nitrogens with one attached hydrogen (secondary N) is 3. The van der Waals surface area contributed by atoms with E-state index in [-0.39, 0.29) is 48.9 Å². The number of carbonyl (C=O) groups is 3. The number of hydrogen-bond acceptors (Lipinski definition) is 10. The van der Waals surface area contributed by atoms with Gasteiger partial charge in [0.2, 0.25) is 17.7 Å². The van der Waals surface area contributed by atoms with Crippen molar-refractivity contribution in [2.24, 2.45) is 11.8 Å². The molecule has 3 aromatic rings. The van der Waals surface area contributed by atoms with E-state index in [1.54, 1.807) is 30.5 Å². The Morgan fingerprint density at radius 1 is 0.897 bits per heavy atom. The predicted molar refractivity (Wildman–Crippen MR) is 205 cm³/mol. The molecule has 4 aliphatic rings. The van der Waals surface area contributed by atoms with Crippen molar-refractivity contribution in [3.63, 3.8) is 0 Å². The topological polar surface area (TPSA) is 143 Å². The highest BCUT2D eigenvalue weighted by molar-refractivity contribution is 6.01. The zero-order chi connectivity index (χ0) is 41.0. The maximum atomic E-state index is 15.1. The molecular weight excluding hydrogens is 763 g/mol. The number of amides is 3. The molecule has 12 nitrogen and oxygen atoms in total. The standard InChI is InChI=1S/C41H45F5N8O4/c42-31-21-28(49-32-4-8-36(55)51-40(32)57)2-6-33(31)53-17-9-25(10-18-53)24-52-15-13-29(14-16-52)58-30-3-7-35(48-23-30)50-39(56)26-11-19-54(20-12-26)34-5-1-27(22-47)37(38(34)43)41(44,45)46/h1-3,5-7,21,23,25-26,29,32,49H,4,8-20,24H2,(H,48,50,56)(H,51,55,57). The van der Waals surface area contributed by atoms with Crippen molar-refractivity contribution in [3.05, 3.63) is 71.4 Å². The summed E-state index contributed by atoms with van der Waals surface area (Å²) < 4.78 is 76.7. The summed E-state index contributed by atoms with van der Waals surface area (Å²) >= 11 is 0. The quantitative estimate of drug-likeness (QED) is 0.163. The minimum absolute atomic E-state index is 0.0223. The highest BCUT2D eigenvalue weighted by Gasteiger charge is 2.39. The number of benzene rings is 2. The van der Waals surface area contributed by atoms with Crippen LogP contribution < -0.4 is 30.5 Å². The zero-order valence-corrected chi connectivity index (χ0v) is 31.8. The van der Waals surface area contributed by atoms with Gasteiger partial charge in [-0.3, -0.25) is 19.7 Å². The van der Waals surface area contributed by atoms with Crippen molar-refractivity contribution in [3.8, 4) is 11.8 Å². The molecule has 1 aromatic heterocycles. The minimum Gasteiger partial charge on any atom is -0.489 e. The number of hydrogen-bond donors (Lipinski definition) is 3. The van der Waals surface area contributed by atoms with E-state index in [0.29, 0.717) is 48.1 Å². The first kappa shape index (κ1) is 40.7. The Hall–Kier alpha value is -5.50. The lowest BCUT2D eigenvalue weighted by atomic mass is 9.94. The van der Waals surface area contributed by atoms with Crippen LogP contribution in [0.5, 0.6) is 5.75 Å². The van der Waals surface area contributed by atoms with Crippen molar-refractivity contribution in [1.82, 2.24) is 15.2 Å².